The summed E-state index contributed by atoms with van der Waals surface area (Å²) in [5.41, 5.74) is 2.14. The standard InChI is InChI=1S/C23H30N2O2S.2C17H25BrN2O2S.C11H22N2.C6H4BrClO2S/c1-19-11-15-24(16-12-19)22-13-17-25(18-14-22)28(26,27)23-9-7-21(8-10-23)20-5-3-2-4-6-20;2*1-14-6-10-19(11-7-14)16-8-12-20(13-9-16)23(21,22)17-4-2-15(18)3-5-17;1-10-4-8-13(9-5-10)11-2-6-12-7-3-11;7-5-1-3-6(4-2-5)11(8,9)10/h2-10,19,22H,11-18H2,1H3;2*2-5,14,16H,6-13H2,1H3;10-12H,2-9H2,1H3;1-4H. The number of likely N-dealkylation sites (tertiary alicyclic amines) is 4. The van der Waals surface area contributed by atoms with Gasteiger partial charge in [-0.05, 0) is 288 Å². The van der Waals surface area contributed by atoms with Crippen LogP contribution in [-0.4, -0.2) is 195 Å². The van der Waals surface area contributed by atoms with Gasteiger partial charge in [-0.3, -0.25) is 0 Å². The molecule has 0 atom stereocenters. The second kappa shape index (κ2) is 37.8. The molecule has 5 aromatic carbocycles. The van der Waals surface area contributed by atoms with Gasteiger partial charge in [0.2, 0.25) is 30.1 Å². The van der Waals surface area contributed by atoms with Gasteiger partial charge in [-0.2, -0.15) is 12.9 Å². The average molecular weight is 1640 g/mol. The molecule has 0 radical (unpaired) electrons. The molecule has 0 bridgehead atoms. The molecule has 8 fully saturated rings. The molecule has 8 aliphatic heterocycles. The van der Waals surface area contributed by atoms with Gasteiger partial charge in [0.25, 0.3) is 9.05 Å². The maximum Gasteiger partial charge on any atom is 0.261 e. The van der Waals surface area contributed by atoms with Gasteiger partial charge >= 0.3 is 0 Å². The van der Waals surface area contributed by atoms with E-state index in [-0.39, 0.29) is 4.90 Å². The Morgan fingerprint density at radius 2 is 0.541 bits per heavy atom. The van der Waals surface area contributed by atoms with Crippen molar-refractivity contribution in [1.82, 2.24) is 37.8 Å². The predicted molar refractivity (Wildman–Crippen MR) is 408 cm³/mol. The fraction of sp³-hybridized carbons (Fsp3) is 0.595. The number of hydrogen-bond acceptors (Lipinski definition) is 13. The molecule has 0 saturated carbocycles. The first-order chi connectivity index (χ1) is 46.8. The quantitative estimate of drug-likeness (QED) is 0.117. The van der Waals surface area contributed by atoms with Crippen molar-refractivity contribution in [1.29, 1.82) is 0 Å². The van der Waals surface area contributed by atoms with Crippen molar-refractivity contribution in [2.45, 2.75) is 174 Å². The van der Waals surface area contributed by atoms with E-state index >= 15 is 0 Å². The molecule has 0 unspecified atom stereocenters. The minimum atomic E-state index is -3.57. The molecule has 0 aromatic heterocycles. The number of sulfonamides is 3. The summed E-state index contributed by atoms with van der Waals surface area (Å²) in [7, 11) is -8.60. The Balaban J connectivity index is 0.000000148. The molecular formula is C74H106Br3ClN8O8S4. The van der Waals surface area contributed by atoms with Gasteiger partial charge in [-0.25, -0.2) is 33.7 Å². The molecule has 16 nitrogen and oxygen atoms in total. The third-order valence-electron chi connectivity index (χ3n) is 21.5. The molecule has 0 spiro atoms. The Bertz CT molecular complexity index is 3550. The lowest BCUT2D eigenvalue weighted by Crippen LogP contribution is -2.48. The predicted octanol–water partition coefficient (Wildman–Crippen LogP) is 14.8. The molecule has 542 valence electrons. The van der Waals surface area contributed by atoms with Crippen LogP contribution in [0.2, 0.25) is 0 Å². The van der Waals surface area contributed by atoms with E-state index in [0.717, 1.165) is 92.8 Å². The first-order valence-corrected chi connectivity index (χ1v) is 44.9. The van der Waals surface area contributed by atoms with E-state index in [1.165, 1.54) is 142 Å². The monoisotopic (exact) mass is 1630 g/mol. The van der Waals surface area contributed by atoms with Crippen LogP contribution in [-0.2, 0) is 39.1 Å². The van der Waals surface area contributed by atoms with Crippen molar-refractivity contribution in [3.63, 3.8) is 0 Å². The number of piperidine rings is 8. The lowest BCUT2D eigenvalue weighted by molar-refractivity contribution is 0.101. The summed E-state index contributed by atoms with van der Waals surface area (Å²) in [5, 5.41) is 3.44. The van der Waals surface area contributed by atoms with Gasteiger partial charge in [0, 0.05) is 87.5 Å². The van der Waals surface area contributed by atoms with E-state index in [0.29, 0.717) is 72.1 Å². The van der Waals surface area contributed by atoms with Crippen LogP contribution >= 0.6 is 58.5 Å². The summed E-state index contributed by atoms with van der Waals surface area (Å²) < 4.78 is 106. The van der Waals surface area contributed by atoms with Crippen molar-refractivity contribution in [2.24, 2.45) is 23.7 Å². The fourth-order valence-corrected chi connectivity index (χ4v) is 20.8. The molecule has 13 rings (SSSR count). The lowest BCUT2D eigenvalue weighted by Gasteiger charge is -2.41. The van der Waals surface area contributed by atoms with Crippen LogP contribution in [0.4, 0.5) is 0 Å². The highest BCUT2D eigenvalue weighted by atomic mass is 79.9. The molecule has 0 aliphatic carbocycles. The highest BCUT2D eigenvalue weighted by molar-refractivity contribution is 9.11. The summed E-state index contributed by atoms with van der Waals surface area (Å²) >= 11 is 9.87. The van der Waals surface area contributed by atoms with E-state index in [1.807, 2.05) is 42.5 Å². The molecule has 24 heteroatoms. The maximum absolute atomic E-state index is 13.1. The molecule has 0 amide bonds. The molecule has 1 N–H and O–H groups in total. The fourth-order valence-electron chi connectivity index (χ4n) is 14.8. The van der Waals surface area contributed by atoms with Crippen LogP contribution in [0.1, 0.15) is 130 Å². The van der Waals surface area contributed by atoms with Crippen LogP contribution < -0.4 is 5.32 Å². The van der Waals surface area contributed by atoms with E-state index < -0.39 is 39.1 Å². The number of benzene rings is 5. The van der Waals surface area contributed by atoms with Crippen LogP contribution in [0.3, 0.4) is 0 Å². The van der Waals surface area contributed by atoms with Gasteiger partial charge < -0.3 is 24.9 Å². The summed E-state index contributed by atoms with van der Waals surface area (Å²) in [4.78, 5) is 11.8. The van der Waals surface area contributed by atoms with Crippen molar-refractivity contribution in [3.8, 4) is 11.1 Å². The summed E-state index contributed by atoms with van der Waals surface area (Å²) in [6.07, 6.45) is 18.9. The first kappa shape index (κ1) is 79.4. The van der Waals surface area contributed by atoms with E-state index in [9.17, 15) is 33.7 Å². The van der Waals surface area contributed by atoms with Crippen LogP contribution in [0.15, 0.2) is 160 Å². The van der Waals surface area contributed by atoms with Gasteiger partial charge in [0.1, 0.15) is 0 Å². The van der Waals surface area contributed by atoms with Gasteiger partial charge in [-0.15, -0.1) is 0 Å². The van der Waals surface area contributed by atoms with Gasteiger partial charge in [0.15, 0.2) is 0 Å². The minimum Gasteiger partial charge on any atom is -0.317 e. The number of halogens is 4. The van der Waals surface area contributed by atoms with Gasteiger partial charge in [0.05, 0.1) is 19.6 Å². The largest absolute Gasteiger partial charge is 0.317 e. The Labute approximate surface area is 618 Å². The second-order valence-electron chi connectivity index (χ2n) is 28.5. The van der Waals surface area contributed by atoms with E-state index in [2.05, 4.69) is 100 Å². The zero-order valence-corrected chi connectivity index (χ0v) is 66.7. The van der Waals surface area contributed by atoms with Crippen LogP contribution in [0.25, 0.3) is 11.1 Å². The van der Waals surface area contributed by atoms with Crippen molar-refractivity contribution < 1.29 is 33.7 Å². The Hall–Kier alpha value is -2.69. The average Bonchev–Trinajstić information content (AvgIpc) is 0.811. The van der Waals surface area contributed by atoms with E-state index in [1.54, 1.807) is 85.7 Å². The van der Waals surface area contributed by atoms with Gasteiger partial charge in [-0.1, -0.05) is 118 Å². The maximum atomic E-state index is 13.1. The number of hydrogen-bond donors (Lipinski definition) is 1. The molecule has 98 heavy (non-hydrogen) atoms. The minimum absolute atomic E-state index is 0.113. The van der Waals surface area contributed by atoms with Crippen molar-refractivity contribution in [2.75, 3.05) is 105 Å². The Morgan fingerprint density at radius 1 is 0.306 bits per heavy atom. The zero-order valence-electron chi connectivity index (χ0n) is 57.9. The molecule has 5 aromatic rings. The summed E-state index contributed by atoms with van der Waals surface area (Å²) in [6, 6.07) is 39.9. The second-order valence-corrected chi connectivity index (χ2v) is 39.6. The topological polar surface area (TPSA) is 171 Å². The Morgan fingerprint density at radius 3 is 0.806 bits per heavy atom. The summed E-state index contributed by atoms with van der Waals surface area (Å²) in [6.45, 7) is 25.3. The number of rotatable bonds is 12. The SMILES string of the molecule is CC1CCN(C2CCN(S(=O)(=O)c3ccc(-c4ccccc4)cc3)CC2)CC1.CC1CCN(C2CCN(S(=O)(=O)c3ccc(Br)cc3)CC2)CC1.CC1CCN(C2CCN(S(=O)(=O)c3ccc(Br)cc3)CC2)CC1.CC1CCN(C2CCNCC2)CC1.O=S(=O)(Cl)c1ccc(Br)cc1. The molecule has 8 aliphatic rings. The Kier molecular flexibility index (Phi) is 30.7. The summed E-state index contributed by atoms with van der Waals surface area (Å²) in [5.74, 6) is 3.47. The van der Waals surface area contributed by atoms with Crippen LogP contribution in [0.5, 0.6) is 0 Å². The number of nitrogens with one attached hydrogen (secondary N) is 1. The van der Waals surface area contributed by atoms with Crippen molar-refractivity contribution >= 4 is 97.6 Å². The molecule has 8 saturated heterocycles. The lowest BCUT2D eigenvalue weighted by atomic mass is 9.95. The van der Waals surface area contributed by atoms with E-state index in [4.69, 9.17) is 10.7 Å². The van der Waals surface area contributed by atoms with Crippen LogP contribution in [0, 0.1) is 23.7 Å². The molecule has 8 heterocycles. The number of nitrogens with zero attached hydrogens (tertiary/aromatic N) is 7. The first-order valence-electron chi connectivity index (χ1n) is 35.9. The molecular weight excluding hydrogens is 1530 g/mol. The highest BCUT2D eigenvalue weighted by Gasteiger charge is 2.36. The highest BCUT2D eigenvalue weighted by Crippen LogP contribution is 2.32. The smallest absolute Gasteiger partial charge is 0.261 e. The zero-order chi connectivity index (χ0) is 70.0. The normalized spacial score (nSPS) is 22.1. The third-order valence-corrected chi connectivity index (χ3v) is 30.2. The van der Waals surface area contributed by atoms with Crippen molar-refractivity contribution in [3.05, 3.63) is 141 Å². The third kappa shape index (κ3) is 23.2.